The van der Waals surface area contributed by atoms with Crippen molar-refractivity contribution in [3.05, 3.63) is 60.2 Å². The van der Waals surface area contributed by atoms with E-state index in [0.29, 0.717) is 23.6 Å². The third kappa shape index (κ3) is 7.83. The first-order valence-corrected chi connectivity index (χ1v) is 15.1. The van der Waals surface area contributed by atoms with Crippen LogP contribution in [-0.4, -0.2) is 90.2 Å². The van der Waals surface area contributed by atoms with Gasteiger partial charge in [-0.15, -0.1) is 0 Å². The fraction of sp³-hybridized carbons (Fsp3) is 0.464. The van der Waals surface area contributed by atoms with E-state index >= 15 is 0 Å². The van der Waals surface area contributed by atoms with Crippen LogP contribution in [0.1, 0.15) is 37.3 Å². The number of hydrogen-bond donors (Lipinski definition) is 3. The number of esters is 1. The highest BCUT2D eigenvalue weighted by molar-refractivity contribution is 7.89. The summed E-state index contributed by atoms with van der Waals surface area (Å²) >= 11 is 0. The Morgan fingerprint density at radius 2 is 1.60 bits per heavy atom. The molecule has 3 atom stereocenters. The number of nitrogens with one attached hydrogen (secondary N) is 1. The molecule has 2 bridgehead atoms. The third-order valence-electron chi connectivity index (χ3n) is 7.72. The van der Waals surface area contributed by atoms with Gasteiger partial charge in [-0.1, -0.05) is 36.4 Å². The lowest BCUT2D eigenvalue weighted by Gasteiger charge is -2.44. The van der Waals surface area contributed by atoms with Crippen molar-refractivity contribution in [1.29, 1.82) is 0 Å². The van der Waals surface area contributed by atoms with Gasteiger partial charge in [0.05, 0.1) is 4.90 Å². The van der Waals surface area contributed by atoms with Crippen molar-refractivity contribution in [3.63, 3.8) is 0 Å². The number of halogens is 3. The molecule has 1 unspecified atom stereocenters. The zero-order chi connectivity index (χ0) is 31.4. The van der Waals surface area contributed by atoms with Crippen molar-refractivity contribution in [2.24, 2.45) is 5.92 Å². The second kappa shape index (κ2) is 13.3. The SMILES string of the molecule is O=C(O)C(F)(F)F.O=C(O[C@H]1CN2CCC1CC2)C(Nc1cccc(S(=O)(=O)N2CCC[C@H]2C(=O)O)c1)c1ccccc1. The average Bonchev–Trinajstić information content (AvgIpc) is 3.49. The zero-order valence-electron chi connectivity index (χ0n) is 22.9. The van der Waals surface area contributed by atoms with Crippen LogP contribution in [-0.2, 0) is 29.1 Å². The molecule has 2 aromatic carbocycles. The topological polar surface area (TPSA) is 154 Å². The van der Waals surface area contributed by atoms with Gasteiger partial charge in [-0.3, -0.25) is 9.69 Å². The molecule has 11 nitrogen and oxygen atoms in total. The molecule has 3 N–H and O–H groups in total. The summed E-state index contributed by atoms with van der Waals surface area (Å²) in [5.74, 6) is -3.94. The molecule has 0 spiro atoms. The second-order valence-corrected chi connectivity index (χ2v) is 12.4. The molecule has 4 aliphatic rings. The Balaban J connectivity index is 0.000000541. The Hall–Kier alpha value is -3.69. The molecule has 0 saturated carbocycles. The highest BCUT2D eigenvalue weighted by Gasteiger charge is 2.41. The Bertz CT molecular complexity index is 1420. The van der Waals surface area contributed by atoms with Gasteiger partial charge in [-0.25, -0.2) is 18.0 Å². The number of ether oxygens (including phenoxy) is 1. The molecule has 6 rings (SSSR count). The van der Waals surface area contributed by atoms with Gasteiger partial charge in [0.1, 0.15) is 12.1 Å². The van der Waals surface area contributed by atoms with E-state index in [4.69, 9.17) is 14.6 Å². The molecule has 4 heterocycles. The lowest BCUT2D eigenvalue weighted by molar-refractivity contribution is -0.192. The smallest absolute Gasteiger partial charge is 0.480 e. The zero-order valence-corrected chi connectivity index (χ0v) is 23.8. The molecule has 0 aliphatic carbocycles. The van der Waals surface area contributed by atoms with Crippen molar-refractivity contribution < 1.29 is 50.9 Å². The minimum Gasteiger partial charge on any atom is -0.480 e. The first-order chi connectivity index (χ1) is 20.3. The standard InChI is InChI=1S/C26H31N3O6S.C2HF3O2/c30-25(31)22-10-5-13-29(22)36(33,34)21-9-4-8-20(16-21)27-24(19-6-2-1-3-7-19)26(32)35-23-17-28-14-11-18(23)12-15-28;3-2(4,5)1(6)7/h1-4,6-9,16,18,22-24,27H,5,10-15,17H2,(H,30,31);(H,6,7)/t22-,23-,24?;/m0./s1. The van der Waals surface area contributed by atoms with Gasteiger partial charge in [0.2, 0.25) is 10.0 Å². The van der Waals surface area contributed by atoms with Crippen LogP contribution < -0.4 is 5.32 Å². The fourth-order valence-corrected chi connectivity index (χ4v) is 7.21. The van der Waals surface area contributed by atoms with Gasteiger partial charge in [-0.2, -0.15) is 17.5 Å². The molecule has 4 saturated heterocycles. The van der Waals surface area contributed by atoms with Crippen LogP contribution in [0.2, 0.25) is 0 Å². The lowest BCUT2D eigenvalue weighted by atomic mass is 9.86. The maximum absolute atomic E-state index is 13.4. The fourth-order valence-electron chi connectivity index (χ4n) is 5.51. The molecule has 43 heavy (non-hydrogen) atoms. The molecule has 15 heteroatoms. The number of carbonyl (C=O) groups excluding carboxylic acids is 1. The monoisotopic (exact) mass is 627 g/mol. The second-order valence-electron chi connectivity index (χ2n) is 10.5. The number of alkyl halides is 3. The molecule has 234 valence electrons. The van der Waals surface area contributed by atoms with E-state index in [2.05, 4.69) is 10.2 Å². The summed E-state index contributed by atoms with van der Waals surface area (Å²) in [7, 11) is -4.01. The quantitative estimate of drug-likeness (QED) is 0.372. The van der Waals surface area contributed by atoms with Crippen LogP contribution in [0.3, 0.4) is 0 Å². The number of nitrogens with zero attached hydrogens (tertiary/aromatic N) is 2. The summed E-state index contributed by atoms with van der Waals surface area (Å²) in [6.45, 7) is 2.99. The Morgan fingerprint density at radius 1 is 0.953 bits per heavy atom. The first-order valence-electron chi connectivity index (χ1n) is 13.7. The van der Waals surface area contributed by atoms with Gasteiger partial charge < -0.3 is 20.3 Å². The van der Waals surface area contributed by atoms with Crippen LogP contribution in [0, 0.1) is 5.92 Å². The minimum atomic E-state index is -5.08. The number of sulfonamides is 1. The number of piperidine rings is 3. The Labute approximate surface area is 246 Å². The van der Waals surface area contributed by atoms with Crippen LogP contribution >= 0.6 is 0 Å². The number of rotatable bonds is 8. The summed E-state index contributed by atoms with van der Waals surface area (Å²) in [5, 5.41) is 19.8. The normalized spacial score (nSPS) is 24.3. The van der Waals surface area contributed by atoms with Gasteiger partial charge in [0.25, 0.3) is 0 Å². The molecule has 0 aromatic heterocycles. The number of carboxylic acids is 2. The maximum Gasteiger partial charge on any atom is 0.490 e. The molecule has 2 aromatic rings. The van der Waals surface area contributed by atoms with Crippen molar-refractivity contribution in [2.45, 2.75) is 54.9 Å². The highest BCUT2D eigenvalue weighted by atomic mass is 32.2. The van der Waals surface area contributed by atoms with E-state index in [1.54, 1.807) is 12.1 Å². The Kier molecular flexibility index (Phi) is 9.97. The number of carbonyl (C=O) groups is 3. The van der Waals surface area contributed by atoms with Crippen LogP contribution in [0.4, 0.5) is 18.9 Å². The number of carboxylic acid groups (broad SMARTS) is 2. The molecule has 0 radical (unpaired) electrons. The van der Waals surface area contributed by atoms with E-state index in [1.807, 2.05) is 30.3 Å². The predicted octanol–water partition coefficient (Wildman–Crippen LogP) is 3.35. The van der Waals surface area contributed by atoms with E-state index in [0.717, 1.165) is 36.8 Å². The van der Waals surface area contributed by atoms with Crippen molar-refractivity contribution in [1.82, 2.24) is 9.21 Å². The third-order valence-corrected chi connectivity index (χ3v) is 9.62. The number of anilines is 1. The molecular formula is C28H32F3N3O8S. The molecule has 4 fully saturated rings. The minimum absolute atomic E-state index is 0.0155. The van der Waals surface area contributed by atoms with Gasteiger partial charge in [0, 0.05) is 18.8 Å². The molecular weight excluding hydrogens is 595 g/mol. The van der Waals surface area contributed by atoms with E-state index in [9.17, 15) is 36.3 Å². The number of benzene rings is 2. The predicted molar refractivity (Wildman–Crippen MR) is 147 cm³/mol. The molecule has 0 amide bonds. The van der Waals surface area contributed by atoms with Crippen LogP contribution in [0.5, 0.6) is 0 Å². The van der Waals surface area contributed by atoms with Crippen LogP contribution in [0.25, 0.3) is 0 Å². The molecule has 4 aliphatic heterocycles. The highest BCUT2D eigenvalue weighted by Crippen LogP contribution is 2.32. The van der Waals surface area contributed by atoms with E-state index in [-0.39, 0.29) is 24.0 Å². The summed E-state index contributed by atoms with van der Waals surface area (Å²) in [6, 6.07) is 13.5. The maximum atomic E-state index is 13.4. The summed E-state index contributed by atoms with van der Waals surface area (Å²) < 4.78 is 65.3. The van der Waals surface area contributed by atoms with Crippen molar-refractivity contribution in [3.8, 4) is 0 Å². The Morgan fingerprint density at radius 3 is 2.16 bits per heavy atom. The van der Waals surface area contributed by atoms with E-state index in [1.165, 1.54) is 12.1 Å². The van der Waals surface area contributed by atoms with Crippen molar-refractivity contribution >= 4 is 33.6 Å². The largest absolute Gasteiger partial charge is 0.490 e. The lowest BCUT2D eigenvalue weighted by Crippen LogP contribution is -2.52. The first kappa shape index (κ1) is 32.2. The van der Waals surface area contributed by atoms with Gasteiger partial charge in [0.15, 0.2) is 6.04 Å². The number of hydrogen-bond acceptors (Lipinski definition) is 8. The van der Waals surface area contributed by atoms with Gasteiger partial charge in [-0.05, 0) is 68.5 Å². The average molecular weight is 628 g/mol. The van der Waals surface area contributed by atoms with Crippen molar-refractivity contribution in [2.75, 3.05) is 31.5 Å². The van der Waals surface area contributed by atoms with E-state index < -0.39 is 46.2 Å². The number of fused-ring (bicyclic) bond motifs is 3. The van der Waals surface area contributed by atoms with Gasteiger partial charge >= 0.3 is 24.1 Å². The summed E-state index contributed by atoms with van der Waals surface area (Å²) in [6.07, 6.45) is -2.41. The summed E-state index contributed by atoms with van der Waals surface area (Å²) in [4.78, 5) is 36.2. The summed E-state index contributed by atoms with van der Waals surface area (Å²) in [5.41, 5.74) is 1.14. The van der Waals surface area contributed by atoms with Crippen LogP contribution in [0.15, 0.2) is 59.5 Å². The number of aliphatic carboxylic acids is 2.